The SMILES string of the molecule is O=C(CCCl)OC1CSCCS1. The summed E-state index contributed by atoms with van der Waals surface area (Å²) < 4.78 is 5.15. The smallest absolute Gasteiger partial charge is 0.308 e. The van der Waals surface area contributed by atoms with Crippen molar-refractivity contribution in [1.29, 1.82) is 0 Å². The van der Waals surface area contributed by atoms with Crippen molar-refractivity contribution >= 4 is 41.1 Å². The summed E-state index contributed by atoms with van der Waals surface area (Å²) in [5.74, 6) is 3.32. The number of carbonyl (C=O) groups excluding carboxylic acids is 1. The van der Waals surface area contributed by atoms with E-state index in [1.54, 1.807) is 11.8 Å². The molecule has 1 aliphatic heterocycles. The van der Waals surface area contributed by atoms with Gasteiger partial charge in [-0.2, -0.15) is 11.8 Å². The van der Waals surface area contributed by atoms with Crippen LogP contribution in [-0.2, 0) is 9.53 Å². The van der Waals surface area contributed by atoms with Crippen LogP contribution in [0.1, 0.15) is 6.42 Å². The molecule has 0 aromatic rings. The van der Waals surface area contributed by atoms with Crippen molar-refractivity contribution in [1.82, 2.24) is 0 Å². The van der Waals surface area contributed by atoms with Crippen LogP contribution in [0.5, 0.6) is 0 Å². The molecule has 12 heavy (non-hydrogen) atoms. The summed E-state index contributed by atoms with van der Waals surface area (Å²) in [6.07, 6.45) is 0.323. The Morgan fingerprint density at radius 2 is 2.42 bits per heavy atom. The number of thioether (sulfide) groups is 2. The third-order valence-corrected chi connectivity index (χ3v) is 4.11. The molecule has 0 radical (unpaired) electrons. The standard InChI is InChI=1S/C7H11ClO2S2/c8-2-1-6(9)10-7-5-11-3-4-12-7/h7H,1-5H2. The largest absolute Gasteiger partial charge is 0.450 e. The van der Waals surface area contributed by atoms with Gasteiger partial charge < -0.3 is 4.74 Å². The van der Waals surface area contributed by atoms with Gasteiger partial charge >= 0.3 is 5.97 Å². The fourth-order valence-electron chi connectivity index (χ4n) is 0.817. The number of halogens is 1. The molecule has 0 bridgehead atoms. The van der Waals surface area contributed by atoms with Crippen LogP contribution in [0.4, 0.5) is 0 Å². The van der Waals surface area contributed by atoms with Gasteiger partial charge in [-0.1, -0.05) is 0 Å². The molecule has 1 rings (SSSR count). The van der Waals surface area contributed by atoms with Gasteiger partial charge in [0.25, 0.3) is 0 Å². The first kappa shape index (κ1) is 10.5. The maximum Gasteiger partial charge on any atom is 0.308 e. The van der Waals surface area contributed by atoms with E-state index in [4.69, 9.17) is 16.3 Å². The highest BCUT2D eigenvalue weighted by molar-refractivity contribution is 8.06. The van der Waals surface area contributed by atoms with Crippen LogP contribution in [0.3, 0.4) is 0 Å². The molecule has 1 heterocycles. The van der Waals surface area contributed by atoms with Crippen molar-refractivity contribution in [2.75, 3.05) is 23.1 Å². The molecule has 1 fully saturated rings. The molecular weight excluding hydrogens is 216 g/mol. The fraction of sp³-hybridized carbons (Fsp3) is 0.857. The van der Waals surface area contributed by atoms with Crippen LogP contribution < -0.4 is 0 Å². The lowest BCUT2D eigenvalue weighted by Gasteiger charge is -2.20. The summed E-state index contributed by atoms with van der Waals surface area (Å²) in [5, 5.41) is 0. The van der Waals surface area contributed by atoms with E-state index < -0.39 is 0 Å². The highest BCUT2D eigenvalue weighted by Gasteiger charge is 2.17. The average molecular weight is 227 g/mol. The van der Waals surface area contributed by atoms with Crippen LogP contribution in [0.25, 0.3) is 0 Å². The summed E-state index contributed by atoms with van der Waals surface area (Å²) in [6, 6.07) is 0. The molecule has 2 nitrogen and oxygen atoms in total. The molecule has 0 aliphatic carbocycles. The molecule has 1 atom stereocenters. The van der Waals surface area contributed by atoms with Gasteiger partial charge in [-0.25, -0.2) is 0 Å². The fourth-order valence-corrected chi connectivity index (χ4v) is 3.37. The molecule has 0 spiro atoms. The Kier molecular flexibility index (Phi) is 5.27. The van der Waals surface area contributed by atoms with Crippen LogP contribution in [0.2, 0.25) is 0 Å². The molecular formula is C7H11ClO2S2. The molecule has 70 valence electrons. The first-order chi connectivity index (χ1) is 5.83. The first-order valence-electron chi connectivity index (χ1n) is 3.77. The summed E-state index contributed by atoms with van der Waals surface area (Å²) in [7, 11) is 0. The average Bonchev–Trinajstić information content (AvgIpc) is 2.06. The third kappa shape index (κ3) is 3.92. The highest BCUT2D eigenvalue weighted by Crippen LogP contribution is 2.24. The maximum atomic E-state index is 11.0. The van der Waals surface area contributed by atoms with Crippen molar-refractivity contribution in [2.24, 2.45) is 0 Å². The molecule has 1 aliphatic rings. The van der Waals surface area contributed by atoms with E-state index in [-0.39, 0.29) is 11.4 Å². The second kappa shape index (κ2) is 6.00. The quantitative estimate of drug-likeness (QED) is 0.543. The van der Waals surface area contributed by atoms with Gasteiger partial charge in [0, 0.05) is 23.1 Å². The Balaban J connectivity index is 2.15. The van der Waals surface area contributed by atoms with E-state index in [1.807, 2.05) is 11.8 Å². The molecule has 0 aromatic heterocycles. The predicted octanol–water partition coefficient (Wildman–Crippen LogP) is 1.96. The molecule has 1 unspecified atom stereocenters. The minimum Gasteiger partial charge on any atom is -0.450 e. The van der Waals surface area contributed by atoms with Crippen LogP contribution in [0.15, 0.2) is 0 Å². The van der Waals surface area contributed by atoms with E-state index in [2.05, 4.69) is 0 Å². The number of ether oxygens (including phenoxy) is 1. The second-order valence-corrected chi connectivity index (χ2v) is 5.10. The van der Waals surface area contributed by atoms with Crippen molar-refractivity contribution in [2.45, 2.75) is 11.9 Å². The third-order valence-electron chi connectivity index (χ3n) is 1.35. The van der Waals surface area contributed by atoms with E-state index in [9.17, 15) is 4.79 Å². The Labute approximate surface area is 85.7 Å². The molecule has 1 saturated heterocycles. The normalized spacial score (nSPS) is 23.6. The molecule has 0 amide bonds. The Bertz CT molecular complexity index is 148. The monoisotopic (exact) mass is 226 g/mol. The minimum atomic E-state index is -0.176. The zero-order valence-corrected chi connectivity index (χ0v) is 9.01. The minimum absolute atomic E-state index is 0.0551. The van der Waals surface area contributed by atoms with E-state index >= 15 is 0 Å². The van der Waals surface area contributed by atoms with Gasteiger partial charge in [-0.15, -0.1) is 23.4 Å². The molecule has 0 saturated carbocycles. The first-order valence-corrected chi connectivity index (χ1v) is 6.51. The molecule has 0 N–H and O–H groups in total. The van der Waals surface area contributed by atoms with E-state index in [1.165, 1.54) is 0 Å². The van der Waals surface area contributed by atoms with E-state index in [0.29, 0.717) is 12.3 Å². The summed E-state index contributed by atoms with van der Waals surface area (Å²) >= 11 is 8.94. The van der Waals surface area contributed by atoms with Gasteiger partial charge in [-0.05, 0) is 0 Å². The second-order valence-electron chi connectivity index (χ2n) is 2.30. The molecule has 5 heteroatoms. The number of rotatable bonds is 3. The van der Waals surface area contributed by atoms with Crippen LogP contribution in [-0.4, -0.2) is 34.5 Å². The lowest BCUT2D eigenvalue weighted by Crippen LogP contribution is -2.21. The lowest BCUT2D eigenvalue weighted by molar-refractivity contribution is -0.143. The summed E-state index contributed by atoms with van der Waals surface area (Å²) in [5.41, 5.74) is 0.0551. The summed E-state index contributed by atoms with van der Waals surface area (Å²) in [6.45, 7) is 0. The number of carbonyl (C=O) groups is 1. The highest BCUT2D eigenvalue weighted by atomic mass is 35.5. The number of alkyl halides is 1. The Morgan fingerprint density at radius 3 is 3.00 bits per heavy atom. The number of hydrogen-bond donors (Lipinski definition) is 0. The van der Waals surface area contributed by atoms with Gasteiger partial charge in [0.1, 0.15) is 0 Å². The maximum absolute atomic E-state index is 11.0. The number of hydrogen-bond acceptors (Lipinski definition) is 4. The van der Waals surface area contributed by atoms with Crippen molar-refractivity contribution in [3.63, 3.8) is 0 Å². The van der Waals surface area contributed by atoms with Gasteiger partial charge in [0.15, 0.2) is 5.44 Å². The van der Waals surface area contributed by atoms with Crippen molar-refractivity contribution < 1.29 is 9.53 Å². The Morgan fingerprint density at radius 1 is 1.58 bits per heavy atom. The summed E-state index contributed by atoms with van der Waals surface area (Å²) in [4.78, 5) is 11.0. The topological polar surface area (TPSA) is 26.3 Å². The zero-order chi connectivity index (χ0) is 8.81. The van der Waals surface area contributed by atoms with Crippen LogP contribution in [0, 0.1) is 0 Å². The van der Waals surface area contributed by atoms with E-state index in [0.717, 1.165) is 17.3 Å². The van der Waals surface area contributed by atoms with Gasteiger partial charge in [0.05, 0.1) is 6.42 Å². The van der Waals surface area contributed by atoms with Crippen LogP contribution >= 0.6 is 35.1 Å². The number of esters is 1. The van der Waals surface area contributed by atoms with Gasteiger partial charge in [-0.3, -0.25) is 4.79 Å². The lowest BCUT2D eigenvalue weighted by atomic mass is 10.5. The van der Waals surface area contributed by atoms with Crippen molar-refractivity contribution in [3.8, 4) is 0 Å². The molecule has 0 aromatic carbocycles. The predicted molar refractivity (Wildman–Crippen MR) is 55.0 cm³/mol. The van der Waals surface area contributed by atoms with Gasteiger partial charge in [0.2, 0.25) is 0 Å². The Hall–Kier alpha value is 0.460. The zero-order valence-electron chi connectivity index (χ0n) is 6.62. The van der Waals surface area contributed by atoms with Crippen molar-refractivity contribution in [3.05, 3.63) is 0 Å².